The first kappa shape index (κ1) is 9.44. The first-order valence-electron chi connectivity index (χ1n) is 5.26. The Morgan fingerprint density at radius 3 is 1.77 bits per heavy atom. The molecule has 2 saturated heterocycles. The van der Waals surface area contributed by atoms with Crippen molar-refractivity contribution in [1.82, 2.24) is 0 Å². The van der Waals surface area contributed by atoms with Crippen molar-refractivity contribution < 1.29 is 14.2 Å². The third-order valence-electron chi connectivity index (χ3n) is 2.62. The summed E-state index contributed by atoms with van der Waals surface area (Å²) < 4.78 is 16.6. The molecule has 0 spiro atoms. The summed E-state index contributed by atoms with van der Waals surface area (Å²) in [5.74, 6) is 0. The van der Waals surface area contributed by atoms with E-state index in [0.717, 1.165) is 52.1 Å². The summed E-state index contributed by atoms with van der Waals surface area (Å²) in [4.78, 5) is 0. The molecule has 2 aliphatic rings. The van der Waals surface area contributed by atoms with Crippen LogP contribution in [0.1, 0.15) is 25.7 Å². The van der Waals surface area contributed by atoms with Crippen LogP contribution in [-0.2, 0) is 14.2 Å². The van der Waals surface area contributed by atoms with Crippen LogP contribution in [-0.4, -0.2) is 38.6 Å². The molecule has 0 aliphatic carbocycles. The Kier molecular flexibility index (Phi) is 3.58. The highest BCUT2D eigenvalue weighted by atomic mass is 16.6. The van der Waals surface area contributed by atoms with E-state index < -0.39 is 0 Å². The van der Waals surface area contributed by atoms with Crippen LogP contribution >= 0.6 is 0 Å². The molecule has 13 heavy (non-hydrogen) atoms. The molecule has 2 rings (SSSR count). The number of rotatable bonds is 2. The summed E-state index contributed by atoms with van der Waals surface area (Å²) in [6.45, 7) is 3.36. The topological polar surface area (TPSA) is 27.7 Å². The van der Waals surface area contributed by atoms with E-state index in [1.165, 1.54) is 0 Å². The Labute approximate surface area is 79.4 Å². The van der Waals surface area contributed by atoms with Gasteiger partial charge in [0.05, 0.1) is 25.4 Å². The van der Waals surface area contributed by atoms with E-state index in [0.29, 0.717) is 12.2 Å². The number of ether oxygens (including phenoxy) is 3. The molecule has 3 nitrogen and oxygen atoms in total. The van der Waals surface area contributed by atoms with Crippen molar-refractivity contribution in [2.75, 3.05) is 26.4 Å². The molecule has 0 aromatic carbocycles. The quantitative estimate of drug-likeness (QED) is 0.651. The largest absolute Gasteiger partial charge is 0.379 e. The van der Waals surface area contributed by atoms with Crippen molar-refractivity contribution in [2.45, 2.75) is 37.9 Å². The maximum Gasteiger partial charge on any atom is 0.0814 e. The lowest BCUT2D eigenvalue weighted by Crippen LogP contribution is -2.34. The molecular weight excluding hydrogens is 168 g/mol. The maximum absolute atomic E-state index is 5.88. The third kappa shape index (κ3) is 2.93. The van der Waals surface area contributed by atoms with Gasteiger partial charge in [-0.3, -0.25) is 0 Å². The normalized spacial score (nSPS) is 36.0. The van der Waals surface area contributed by atoms with Crippen LogP contribution in [0.3, 0.4) is 0 Å². The van der Waals surface area contributed by atoms with Crippen molar-refractivity contribution in [3.8, 4) is 0 Å². The van der Waals surface area contributed by atoms with Gasteiger partial charge in [0.1, 0.15) is 0 Å². The first-order valence-corrected chi connectivity index (χ1v) is 5.26. The van der Waals surface area contributed by atoms with Gasteiger partial charge in [-0.2, -0.15) is 0 Å². The van der Waals surface area contributed by atoms with E-state index in [9.17, 15) is 0 Å². The molecule has 0 unspecified atom stereocenters. The summed E-state index contributed by atoms with van der Waals surface area (Å²) in [6.07, 6.45) is 5.21. The molecule has 2 atom stereocenters. The maximum atomic E-state index is 5.88. The smallest absolute Gasteiger partial charge is 0.0814 e. The molecule has 0 aromatic heterocycles. The SMILES string of the molecule is C1COC[C@H](O[C@@H]2CCCOC2)C1. The second kappa shape index (κ2) is 4.94. The molecule has 2 fully saturated rings. The van der Waals surface area contributed by atoms with Gasteiger partial charge >= 0.3 is 0 Å². The van der Waals surface area contributed by atoms with E-state index in [1.807, 2.05) is 0 Å². The average Bonchev–Trinajstić information content (AvgIpc) is 2.21. The standard InChI is InChI=1S/C10H18O3/c1-3-9(7-11-5-1)13-10-4-2-6-12-8-10/h9-10H,1-8H2/t9-,10-/m1/s1. The molecule has 0 bridgehead atoms. The Morgan fingerprint density at radius 2 is 1.38 bits per heavy atom. The molecular formula is C10H18O3. The van der Waals surface area contributed by atoms with Crippen LogP contribution in [0.2, 0.25) is 0 Å². The summed E-state index contributed by atoms with van der Waals surface area (Å²) in [7, 11) is 0. The van der Waals surface area contributed by atoms with Crippen LogP contribution in [0.15, 0.2) is 0 Å². The summed E-state index contributed by atoms with van der Waals surface area (Å²) in [5, 5.41) is 0. The van der Waals surface area contributed by atoms with E-state index >= 15 is 0 Å². The lowest BCUT2D eigenvalue weighted by Gasteiger charge is -2.29. The van der Waals surface area contributed by atoms with Gasteiger partial charge < -0.3 is 14.2 Å². The van der Waals surface area contributed by atoms with Gasteiger partial charge in [0, 0.05) is 13.2 Å². The van der Waals surface area contributed by atoms with Crippen LogP contribution in [0.4, 0.5) is 0 Å². The van der Waals surface area contributed by atoms with Crippen molar-refractivity contribution in [3.05, 3.63) is 0 Å². The molecule has 0 aromatic rings. The van der Waals surface area contributed by atoms with Gasteiger partial charge in [0.2, 0.25) is 0 Å². The lowest BCUT2D eigenvalue weighted by atomic mass is 10.1. The number of hydrogen-bond acceptors (Lipinski definition) is 3. The van der Waals surface area contributed by atoms with Crippen LogP contribution in [0, 0.1) is 0 Å². The third-order valence-corrected chi connectivity index (χ3v) is 2.62. The van der Waals surface area contributed by atoms with Gasteiger partial charge in [-0.25, -0.2) is 0 Å². The van der Waals surface area contributed by atoms with E-state index in [-0.39, 0.29) is 0 Å². The van der Waals surface area contributed by atoms with Crippen LogP contribution in [0.25, 0.3) is 0 Å². The van der Waals surface area contributed by atoms with Gasteiger partial charge in [-0.1, -0.05) is 0 Å². The van der Waals surface area contributed by atoms with Crippen molar-refractivity contribution in [3.63, 3.8) is 0 Å². The molecule has 76 valence electrons. The Hall–Kier alpha value is -0.120. The van der Waals surface area contributed by atoms with Gasteiger partial charge in [0.15, 0.2) is 0 Å². The minimum absolute atomic E-state index is 0.320. The van der Waals surface area contributed by atoms with Gasteiger partial charge in [-0.15, -0.1) is 0 Å². The minimum atomic E-state index is 0.320. The molecule has 0 N–H and O–H groups in total. The fraction of sp³-hybridized carbons (Fsp3) is 1.00. The molecule has 2 heterocycles. The molecule has 0 radical (unpaired) electrons. The Balaban J connectivity index is 1.69. The van der Waals surface area contributed by atoms with Crippen molar-refractivity contribution in [2.24, 2.45) is 0 Å². The predicted molar refractivity (Wildman–Crippen MR) is 48.8 cm³/mol. The fourth-order valence-electron chi connectivity index (χ4n) is 1.91. The zero-order valence-electron chi connectivity index (χ0n) is 8.04. The summed E-state index contributed by atoms with van der Waals surface area (Å²) >= 11 is 0. The molecule has 2 aliphatic heterocycles. The van der Waals surface area contributed by atoms with Gasteiger partial charge in [0.25, 0.3) is 0 Å². The monoisotopic (exact) mass is 186 g/mol. The van der Waals surface area contributed by atoms with E-state index in [2.05, 4.69) is 0 Å². The highest BCUT2D eigenvalue weighted by molar-refractivity contribution is 4.68. The van der Waals surface area contributed by atoms with Crippen molar-refractivity contribution >= 4 is 0 Å². The van der Waals surface area contributed by atoms with Crippen molar-refractivity contribution in [1.29, 1.82) is 0 Å². The lowest BCUT2D eigenvalue weighted by molar-refractivity contribution is -0.121. The second-order valence-electron chi connectivity index (χ2n) is 3.81. The van der Waals surface area contributed by atoms with E-state index in [1.54, 1.807) is 0 Å². The number of hydrogen-bond donors (Lipinski definition) is 0. The first-order chi connectivity index (χ1) is 6.45. The zero-order chi connectivity index (χ0) is 8.93. The minimum Gasteiger partial charge on any atom is -0.379 e. The summed E-state index contributed by atoms with van der Waals surface area (Å²) in [6, 6.07) is 0. The van der Waals surface area contributed by atoms with Crippen LogP contribution in [0.5, 0.6) is 0 Å². The Morgan fingerprint density at radius 1 is 0.846 bits per heavy atom. The van der Waals surface area contributed by atoms with Gasteiger partial charge in [-0.05, 0) is 25.7 Å². The highest BCUT2D eigenvalue weighted by Gasteiger charge is 2.21. The van der Waals surface area contributed by atoms with Crippen LogP contribution < -0.4 is 0 Å². The molecule has 0 saturated carbocycles. The summed E-state index contributed by atoms with van der Waals surface area (Å²) in [5.41, 5.74) is 0. The molecule has 3 heteroatoms. The second-order valence-corrected chi connectivity index (χ2v) is 3.81. The fourth-order valence-corrected chi connectivity index (χ4v) is 1.91. The Bertz CT molecular complexity index is 121. The highest BCUT2D eigenvalue weighted by Crippen LogP contribution is 2.16. The molecule has 0 amide bonds. The predicted octanol–water partition coefficient (Wildman–Crippen LogP) is 1.36. The average molecular weight is 186 g/mol. The zero-order valence-corrected chi connectivity index (χ0v) is 8.04. The van der Waals surface area contributed by atoms with E-state index in [4.69, 9.17) is 14.2 Å².